The van der Waals surface area contributed by atoms with Crippen molar-refractivity contribution in [1.29, 1.82) is 0 Å². The fourth-order valence-electron chi connectivity index (χ4n) is 2.29. The molecule has 0 unspecified atom stereocenters. The van der Waals surface area contributed by atoms with Crippen LogP contribution in [0.4, 0.5) is 0 Å². The lowest BCUT2D eigenvalue weighted by atomic mass is 9.89. The lowest BCUT2D eigenvalue weighted by Gasteiger charge is -2.27. The summed E-state index contributed by atoms with van der Waals surface area (Å²) in [4.78, 5) is 26.8. The average Bonchev–Trinajstić information content (AvgIpc) is 2.58. The maximum Gasteiger partial charge on any atom is 0.295 e. The number of hydrogen-bond acceptors (Lipinski definition) is 2. The van der Waals surface area contributed by atoms with E-state index in [4.69, 9.17) is 0 Å². The van der Waals surface area contributed by atoms with E-state index in [0.29, 0.717) is 12.2 Å². The van der Waals surface area contributed by atoms with Gasteiger partial charge >= 0.3 is 0 Å². The molecule has 0 bridgehead atoms. The van der Waals surface area contributed by atoms with Crippen molar-refractivity contribution >= 4 is 17.4 Å². The molecular weight excluding hydrogens is 298 g/mol. The molecule has 3 nitrogen and oxygen atoms in total. The van der Waals surface area contributed by atoms with Crippen molar-refractivity contribution in [3.8, 4) is 0 Å². The largest absolute Gasteiger partial charge is 0.301 e. The van der Waals surface area contributed by atoms with Crippen LogP contribution in [0.5, 0.6) is 0 Å². The molecule has 3 heteroatoms. The van der Waals surface area contributed by atoms with Gasteiger partial charge in [-0.25, -0.2) is 0 Å². The molecular formula is C21H23NO2. The Morgan fingerprint density at radius 1 is 0.917 bits per heavy atom. The molecule has 0 atom stereocenters. The van der Waals surface area contributed by atoms with Crippen LogP contribution >= 0.6 is 0 Å². The van der Waals surface area contributed by atoms with Crippen LogP contribution in [0.25, 0.3) is 5.70 Å². The fourth-order valence-corrected chi connectivity index (χ4v) is 2.29. The van der Waals surface area contributed by atoms with E-state index < -0.39 is 17.1 Å². The van der Waals surface area contributed by atoms with Crippen LogP contribution in [0.3, 0.4) is 0 Å². The molecule has 124 valence electrons. The Labute approximate surface area is 143 Å². The molecule has 0 aromatic heterocycles. The van der Waals surface area contributed by atoms with Crippen molar-refractivity contribution in [2.45, 2.75) is 27.3 Å². The van der Waals surface area contributed by atoms with Gasteiger partial charge in [0.2, 0.25) is 5.78 Å². The first kappa shape index (κ1) is 17.7. The molecule has 2 rings (SSSR count). The Kier molecular flexibility index (Phi) is 5.35. The third kappa shape index (κ3) is 4.19. The summed E-state index contributed by atoms with van der Waals surface area (Å²) >= 11 is 0. The summed E-state index contributed by atoms with van der Waals surface area (Å²) in [7, 11) is 0. The third-order valence-corrected chi connectivity index (χ3v) is 3.74. The lowest BCUT2D eigenvalue weighted by Crippen LogP contribution is -2.40. The number of ketones is 1. The van der Waals surface area contributed by atoms with E-state index in [0.717, 1.165) is 11.1 Å². The molecule has 0 saturated carbocycles. The Morgan fingerprint density at radius 2 is 1.42 bits per heavy atom. The van der Waals surface area contributed by atoms with Gasteiger partial charge in [-0.3, -0.25) is 9.59 Å². The maximum atomic E-state index is 12.8. The summed E-state index contributed by atoms with van der Waals surface area (Å²) in [6.45, 7) is 9.62. The molecule has 1 amide bonds. The number of benzene rings is 2. The molecule has 2 aromatic carbocycles. The van der Waals surface area contributed by atoms with Gasteiger partial charge in [0.1, 0.15) is 0 Å². The Hall–Kier alpha value is -2.68. The van der Waals surface area contributed by atoms with Gasteiger partial charge in [-0.1, -0.05) is 88.0 Å². The zero-order valence-corrected chi connectivity index (χ0v) is 14.5. The van der Waals surface area contributed by atoms with Crippen molar-refractivity contribution in [3.05, 3.63) is 78.4 Å². The van der Waals surface area contributed by atoms with E-state index in [1.165, 1.54) is 4.90 Å². The molecule has 0 aliphatic heterocycles. The molecule has 2 aromatic rings. The number of hydrogen-bond donors (Lipinski definition) is 0. The van der Waals surface area contributed by atoms with Crippen LogP contribution < -0.4 is 0 Å². The van der Waals surface area contributed by atoms with Gasteiger partial charge in [0.15, 0.2) is 0 Å². The summed E-state index contributed by atoms with van der Waals surface area (Å²) in [5.41, 5.74) is 1.57. The van der Waals surface area contributed by atoms with Gasteiger partial charge in [-0.05, 0) is 11.1 Å². The fraction of sp³-hybridized carbons (Fsp3) is 0.238. The van der Waals surface area contributed by atoms with E-state index >= 15 is 0 Å². The molecule has 0 radical (unpaired) electrons. The maximum absolute atomic E-state index is 12.8. The minimum absolute atomic E-state index is 0.315. The van der Waals surface area contributed by atoms with Gasteiger partial charge in [0.25, 0.3) is 5.91 Å². The number of amides is 1. The molecule has 0 N–H and O–H groups in total. The highest BCUT2D eigenvalue weighted by Crippen LogP contribution is 2.24. The first-order valence-electron chi connectivity index (χ1n) is 7.95. The van der Waals surface area contributed by atoms with Gasteiger partial charge in [-0.15, -0.1) is 0 Å². The zero-order valence-electron chi connectivity index (χ0n) is 14.5. The smallest absolute Gasteiger partial charge is 0.295 e. The molecule has 0 spiro atoms. The standard InChI is InChI=1S/C21H23NO2/c1-16(18-13-9-6-10-14-18)22(15-17-11-7-5-8-12-17)20(24)19(23)21(2,3)4/h5-14H,1,15H2,2-4H3. The quantitative estimate of drug-likeness (QED) is 0.770. The molecule has 0 aliphatic carbocycles. The molecule has 0 saturated heterocycles. The number of nitrogens with zero attached hydrogens (tertiary/aromatic N) is 1. The number of rotatable bonds is 5. The van der Waals surface area contributed by atoms with E-state index in [2.05, 4.69) is 6.58 Å². The van der Waals surface area contributed by atoms with Crippen LogP contribution in [0, 0.1) is 5.41 Å². The summed E-state index contributed by atoms with van der Waals surface area (Å²) in [6.07, 6.45) is 0. The predicted molar refractivity (Wildman–Crippen MR) is 96.9 cm³/mol. The second-order valence-electron chi connectivity index (χ2n) is 6.77. The van der Waals surface area contributed by atoms with Gasteiger partial charge in [0, 0.05) is 11.1 Å². The molecule has 0 fully saturated rings. The SMILES string of the molecule is C=C(c1ccccc1)N(Cc1ccccc1)C(=O)C(=O)C(C)(C)C. The second-order valence-corrected chi connectivity index (χ2v) is 6.77. The second kappa shape index (κ2) is 7.26. The lowest BCUT2D eigenvalue weighted by molar-refractivity contribution is -0.147. The van der Waals surface area contributed by atoms with Crippen LogP contribution in [0.2, 0.25) is 0 Å². The van der Waals surface area contributed by atoms with Crippen molar-refractivity contribution in [1.82, 2.24) is 4.90 Å². The van der Waals surface area contributed by atoms with Gasteiger partial charge in [0.05, 0.1) is 6.54 Å². The topological polar surface area (TPSA) is 37.4 Å². The Morgan fingerprint density at radius 3 is 1.92 bits per heavy atom. The van der Waals surface area contributed by atoms with Crippen LogP contribution in [-0.4, -0.2) is 16.6 Å². The normalized spacial score (nSPS) is 11.0. The zero-order chi connectivity index (χ0) is 17.7. The monoisotopic (exact) mass is 321 g/mol. The van der Waals surface area contributed by atoms with E-state index in [1.807, 2.05) is 60.7 Å². The van der Waals surface area contributed by atoms with Crippen LogP contribution in [0.15, 0.2) is 67.2 Å². The molecule has 0 aliphatic rings. The third-order valence-electron chi connectivity index (χ3n) is 3.74. The summed E-state index contributed by atoms with van der Waals surface area (Å²) in [6, 6.07) is 19.0. The van der Waals surface area contributed by atoms with Crippen LogP contribution in [0.1, 0.15) is 31.9 Å². The minimum atomic E-state index is -0.733. The van der Waals surface area contributed by atoms with Crippen LogP contribution in [-0.2, 0) is 16.1 Å². The molecule has 24 heavy (non-hydrogen) atoms. The average molecular weight is 321 g/mol. The Balaban J connectivity index is 2.36. The first-order valence-corrected chi connectivity index (χ1v) is 7.95. The summed E-state index contributed by atoms with van der Waals surface area (Å²) in [5, 5.41) is 0. The number of Topliss-reactive ketones (excluding diaryl/α,β-unsaturated/α-hetero) is 1. The predicted octanol–water partition coefficient (Wildman–Crippen LogP) is 4.30. The highest BCUT2D eigenvalue weighted by atomic mass is 16.2. The highest BCUT2D eigenvalue weighted by molar-refractivity contribution is 6.39. The van der Waals surface area contributed by atoms with Crippen molar-refractivity contribution < 1.29 is 9.59 Å². The van der Waals surface area contributed by atoms with Crippen molar-refractivity contribution in [2.24, 2.45) is 5.41 Å². The van der Waals surface area contributed by atoms with E-state index in [1.54, 1.807) is 20.8 Å². The Bertz CT molecular complexity index is 727. The first-order chi connectivity index (χ1) is 11.3. The minimum Gasteiger partial charge on any atom is -0.301 e. The van der Waals surface area contributed by atoms with Crippen molar-refractivity contribution in [3.63, 3.8) is 0 Å². The van der Waals surface area contributed by atoms with Gasteiger partial charge < -0.3 is 4.90 Å². The summed E-state index contributed by atoms with van der Waals surface area (Å²) in [5.74, 6) is -0.948. The van der Waals surface area contributed by atoms with E-state index in [9.17, 15) is 9.59 Å². The van der Waals surface area contributed by atoms with Gasteiger partial charge in [-0.2, -0.15) is 0 Å². The molecule has 0 heterocycles. The highest BCUT2D eigenvalue weighted by Gasteiger charge is 2.33. The number of carbonyl (C=O) groups excluding carboxylic acids is 2. The van der Waals surface area contributed by atoms with Crippen molar-refractivity contribution in [2.75, 3.05) is 0 Å². The van der Waals surface area contributed by atoms with E-state index in [-0.39, 0.29) is 0 Å². The number of carbonyl (C=O) groups is 2. The summed E-state index contributed by atoms with van der Waals surface area (Å²) < 4.78 is 0.